The number of benzene rings is 1. The second kappa shape index (κ2) is 9.97. The summed E-state index contributed by atoms with van der Waals surface area (Å²) < 4.78 is 33.6. The third kappa shape index (κ3) is 7.27. The van der Waals surface area contributed by atoms with Crippen LogP contribution in [0, 0.1) is 6.92 Å². The maximum Gasteiger partial charge on any atom is 0.124 e. The smallest absolute Gasteiger partial charge is 0.124 e. The van der Waals surface area contributed by atoms with Gasteiger partial charge < -0.3 is 4.55 Å². The molecule has 0 aromatic heterocycles. The molecule has 132 valence electrons. The molecule has 2 aliphatic carbocycles. The fourth-order valence-corrected chi connectivity index (χ4v) is 6.69. The molecular weight excluding hydrogens is 335 g/mol. The Kier molecular flexibility index (Phi) is 8.30. The van der Waals surface area contributed by atoms with E-state index in [2.05, 4.69) is 0 Å². The topological polar surface area (TPSA) is 57.2 Å². The maximum atomic E-state index is 10.4. The van der Waals surface area contributed by atoms with Gasteiger partial charge in [-0.2, -0.15) is 0 Å². The summed E-state index contributed by atoms with van der Waals surface area (Å²) in [5, 5.41) is 0. The Balaban J connectivity index is 0.000000177. The molecule has 0 spiro atoms. The van der Waals surface area contributed by atoms with Crippen LogP contribution in [0.1, 0.15) is 69.8 Å². The molecule has 1 aromatic rings. The van der Waals surface area contributed by atoms with Crippen molar-refractivity contribution in [2.24, 2.45) is 0 Å². The first kappa shape index (κ1) is 20.0. The van der Waals surface area contributed by atoms with Gasteiger partial charge in [0.1, 0.15) is 10.1 Å². The molecule has 0 heterocycles. The van der Waals surface area contributed by atoms with Gasteiger partial charge in [0, 0.05) is 0 Å². The van der Waals surface area contributed by atoms with Crippen LogP contribution >= 0.6 is 0 Å². The average Bonchev–Trinajstić information content (AvgIpc) is 2.57. The Morgan fingerprint density at radius 1 is 0.833 bits per heavy atom. The minimum Gasteiger partial charge on any atom is -0.744 e. The number of rotatable bonds is 3. The first-order valence-corrected chi connectivity index (χ1v) is 12.1. The van der Waals surface area contributed by atoms with Crippen LogP contribution in [0.3, 0.4) is 0 Å². The number of aryl methyl sites for hydroxylation is 1. The summed E-state index contributed by atoms with van der Waals surface area (Å²) in [6.07, 6.45) is 15.6. The quantitative estimate of drug-likeness (QED) is 0.554. The molecule has 0 amide bonds. The number of hydrogen-bond acceptors (Lipinski definition) is 3. The van der Waals surface area contributed by atoms with Gasteiger partial charge >= 0.3 is 89.0 Å². The van der Waals surface area contributed by atoms with Crippen LogP contribution in [-0.4, -0.2) is 28.2 Å². The molecule has 2 aliphatic rings. The molecule has 0 unspecified atom stereocenters. The van der Waals surface area contributed by atoms with Crippen LogP contribution < -0.4 is 0 Å². The van der Waals surface area contributed by atoms with E-state index in [1.807, 2.05) is 6.92 Å². The van der Waals surface area contributed by atoms with E-state index in [1.165, 1.54) is 34.5 Å². The molecule has 3 rings (SSSR count). The fourth-order valence-electron chi connectivity index (χ4n) is 3.74. The zero-order chi connectivity index (χ0) is 17.4. The third-order valence-corrected chi connectivity index (χ3v) is 8.43. The molecule has 1 aromatic carbocycles. The Labute approximate surface area is 153 Å². The standard InChI is InChI=1S/C7H8O3S.2C6H11.Al/c1-6-2-4-7(5-3-6)11(8,9)10;2*1-2-4-6-5-3-1;/h2-5H,1H3,(H,8,9,10);2*1H,2-6H2;/q;;;+1/p-1. The van der Waals surface area contributed by atoms with E-state index in [9.17, 15) is 13.0 Å². The van der Waals surface area contributed by atoms with E-state index in [0.29, 0.717) is 0 Å². The first-order valence-electron chi connectivity index (χ1n) is 9.33. The van der Waals surface area contributed by atoms with Crippen molar-refractivity contribution in [1.82, 2.24) is 0 Å². The van der Waals surface area contributed by atoms with Gasteiger partial charge in [0.15, 0.2) is 0 Å². The fraction of sp³-hybridized carbons (Fsp3) is 0.684. The Hall–Kier alpha value is -0.338. The van der Waals surface area contributed by atoms with Crippen molar-refractivity contribution in [3.05, 3.63) is 29.8 Å². The molecule has 0 bridgehead atoms. The van der Waals surface area contributed by atoms with Crippen molar-refractivity contribution in [1.29, 1.82) is 0 Å². The third-order valence-electron chi connectivity index (χ3n) is 5.15. The van der Waals surface area contributed by atoms with E-state index in [1.54, 1.807) is 63.5 Å². The van der Waals surface area contributed by atoms with Gasteiger partial charge in [-0.1, -0.05) is 17.7 Å². The zero-order valence-electron chi connectivity index (χ0n) is 14.7. The summed E-state index contributed by atoms with van der Waals surface area (Å²) in [7, 11) is -4.27. The van der Waals surface area contributed by atoms with Crippen molar-refractivity contribution in [3.8, 4) is 0 Å². The van der Waals surface area contributed by atoms with Crippen molar-refractivity contribution >= 4 is 25.3 Å². The molecule has 2 saturated carbocycles. The van der Waals surface area contributed by atoms with Crippen molar-refractivity contribution in [3.63, 3.8) is 0 Å². The van der Waals surface area contributed by atoms with Gasteiger partial charge in [-0.05, 0) is 19.1 Å². The molecule has 24 heavy (non-hydrogen) atoms. The van der Waals surface area contributed by atoms with Gasteiger partial charge in [0.25, 0.3) is 0 Å². The molecule has 0 atom stereocenters. The summed E-state index contributed by atoms with van der Waals surface area (Å²) in [6.45, 7) is 1.82. The summed E-state index contributed by atoms with van der Waals surface area (Å²) in [5.41, 5.74) is 0.928. The monoisotopic (exact) mass is 364 g/mol. The second-order valence-electron chi connectivity index (χ2n) is 7.26. The minimum atomic E-state index is -4.27. The van der Waals surface area contributed by atoms with E-state index in [0.717, 1.165) is 20.8 Å². The van der Waals surface area contributed by atoms with Crippen molar-refractivity contribution < 1.29 is 13.0 Å². The van der Waals surface area contributed by atoms with Crippen molar-refractivity contribution in [2.75, 3.05) is 0 Å². The molecule has 0 saturated heterocycles. The van der Waals surface area contributed by atoms with E-state index < -0.39 is 10.1 Å². The van der Waals surface area contributed by atoms with Gasteiger partial charge in [-0.25, -0.2) is 8.42 Å². The van der Waals surface area contributed by atoms with Crippen LogP contribution in [0.5, 0.6) is 0 Å². The Bertz CT molecular complexity index is 555. The summed E-state index contributed by atoms with van der Waals surface area (Å²) in [5.74, 6) is 0. The normalized spacial score (nSPS) is 19.9. The molecule has 3 nitrogen and oxygen atoms in total. The SMILES string of the molecule is C1CC[CH]([Al+][CH]2CCCCC2)CC1.Cc1ccc(S(=O)(=O)[O-])cc1. The Morgan fingerprint density at radius 2 is 1.25 bits per heavy atom. The van der Waals surface area contributed by atoms with Crippen LogP contribution in [-0.2, 0) is 10.1 Å². The predicted octanol–water partition coefficient (Wildman–Crippen LogP) is 5.09. The summed E-state index contributed by atoms with van der Waals surface area (Å²) in [4.78, 5) is -0.178. The van der Waals surface area contributed by atoms with Crippen LogP contribution in [0.25, 0.3) is 0 Å². The molecule has 2 fully saturated rings. The van der Waals surface area contributed by atoms with Crippen LogP contribution in [0.15, 0.2) is 29.2 Å². The van der Waals surface area contributed by atoms with Gasteiger partial charge in [-0.15, -0.1) is 0 Å². The van der Waals surface area contributed by atoms with Crippen LogP contribution in [0.4, 0.5) is 0 Å². The summed E-state index contributed by atoms with van der Waals surface area (Å²) in [6, 6.07) is 5.78. The molecule has 5 heteroatoms. The van der Waals surface area contributed by atoms with Gasteiger partial charge in [0.2, 0.25) is 0 Å². The molecule has 0 aliphatic heterocycles. The molecule has 0 N–H and O–H groups in total. The molecular formula is C19H29AlO3S. The predicted molar refractivity (Wildman–Crippen MR) is 98.6 cm³/mol. The zero-order valence-corrected chi connectivity index (χ0v) is 16.7. The minimum absolute atomic E-state index is 0.178. The van der Waals surface area contributed by atoms with Gasteiger partial charge in [-0.3, -0.25) is 0 Å². The van der Waals surface area contributed by atoms with Crippen molar-refractivity contribution in [2.45, 2.75) is 85.6 Å². The average molecular weight is 364 g/mol. The van der Waals surface area contributed by atoms with E-state index in [4.69, 9.17) is 0 Å². The number of hydrogen-bond donors (Lipinski definition) is 0. The van der Waals surface area contributed by atoms with Gasteiger partial charge in [0.05, 0.1) is 4.90 Å². The first-order chi connectivity index (χ1) is 11.4. The molecule has 0 radical (unpaired) electrons. The summed E-state index contributed by atoms with van der Waals surface area (Å²) >= 11 is 0.825. The van der Waals surface area contributed by atoms with E-state index >= 15 is 0 Å². The largest absolute Gasteiger partial charge is 0.744 e. The Morgan fingerprint density at radius 3 is 1.62 bits per heavy atom. The maximum absolute atomic E-state index is 10.4. The van der Waals surface area contributed by atoms with E-state index in [-0.39, 0.29) is 4.90 Å². The second-order valence-corrected chi connectivity index (χ2v) is 10.9. The van der Waals surface area contributed by atoms with Crippen LogP contribution in [0.2, 0.25) is 9.56 Å².